The van der Waals surface area contributed by atoms with Crippen molar-refractivity contribution in [3.05, 3.63) is 71.2 Å². The number of nitrogens with zero attached hydrogens (tertiary/aromatic N) is 3. The molecule has 0 radical (unpaired) electrons. The van der Waals surface area contributed by atoms with Crippen molar-refractivity contribution >= 4 is 23.3 Å². The van der Waals surface area contributed by atoms with Crippen LogP contribution in [-0.4, -0.2) is 36.6 Å². The summed E-state index contributed by atoms with van der Waals surface area (Å²) in [6, 6.07) is 15.1. The number of nitrogens with one attached hydrogen (secondary N) is 1. The molecule has 1 aromatic heterocycles. The Morgan fingerprint density at radius 2 is 1.91 bits per heavy atom. The molecule has 1 heterocycles. The molecule has 2 amide bonds. The first-order chi connectivity index (χ1) is 16.2. The summed E-state index contributed by atoms with van der Waals surface area (Å²) < 4.78 is 20.7. The van der Waals surface area contributed by atoms with Gasteiger partial charge in [0.2, 0.25) is 11.8 Å². The molecule has 0 aliphatic carbocycles. The van der Waals surface area contributed by atoms with Gasteiger partial charge in [0.1, 0.15) is 23.5 Å². The average molecular weight is 464 g/mol. The highest BCUT2D eigenvalue weighted by molar-refractivity contribution is 5.95. The molecule has 3 rings (SSSR count). The molecule has 0 aliphatic heterocycles. The van der Waals surface area contributed by atoms with E-state index in [-0.39, 0.29) is 25.3 Å². The molecule has 0 aliphatic rings. The first-order valence-corrected chi connectivity index (χ1v) is 10.6. The van der Waals surface area contributed by atoms with Crippen molar-refractivity contribution in [1.29, 1.82) is 5.26 Å². The maximum absolute atomic E-state index is 13.9. The number of hydrogen-bond acceptors (Lipinski definition) is 5. The summed E-state index contributed by atoms with van der Waals surface area (Å²) in [6.07, 6.45) is 0.0562. The lowest BCUT2D eigenvalue weighted by molar-refractivity contribution is -0.118. The molecule has 0 bridgehead atoms. The van der Waals surface area contributed by atoms with E-state index >= 15 is 0 Å². The Labute approximate surface area is 197 Å². The number of nitriles is 1. The Hall–Kier alpha value is -4.32. The minimum atomic E-state index is -0.489. The van der Waals surface area contributed by atoms with Gasteiger partial charge in [-0.05, 0) is 61.9 Å². The van der Waals surface area contributed by atoms with Crippen LogP contribution in [0.15, 0.2) is 48.5 Å². The quantitative estimate of drug-likeness (QED) is 0.505. The number of nitrogens with two attached hydrogens (primary N) is 1. The number of aromatic nitrogens is 1. The molecule has 0 unspecified atom stereocenters. The molecule has 3 N–H and O–H groups in total. The first-order valence-electron chi connectivity index (χ1n) is 10.6. The fourth-order valence-electron chi connectivity index (χ4n) is 3.68. The molecule has 0 saturated heterocycles. The Morgan fingerprint density at radius 3 is 2.50 bits per heavy atom. The Bertz CT molecular complexity index is 1240. The van der Waals surface area contributed by atoms with Gasteiger partial charge >= 0.3 is 0 Å². The highest BCUT2D eigenvalue weighted by Crippen LogP contribution is 2.30. The van der Waals surface area contributed by atoms with E-state index < -0.39 is 17.6 Å². The summed E-state index contributed by atoms with van der Waals surface area (Å²) in [5, 5.41) is 12.6. The monoisotopic (exact) mass is 463 g/mol. The number of ether oxygens (including phenoxy) is 1. The van der Waals surface area contributed by atoms with Crippen molar-refractivity contribution in [3.8, 4) is 17.5 Å². The molecule has 9 heteroatoms. The highest BCUT2D eigenvalue weighted by Gasteiger charge is 2.22. The van der Waals surface area contributed by atoms with Crippen LogP contribution >= 0.6 is 0 Å². The lowest BCUT2D eigenvalue weighted by Crippen LogP contribution is -2.36. The van der Waals surface area contributed by atoms with Gasteiger partial charge in [0.05, 0.1) is 24.9 Å². The van der Waals surface area contributed by atoms with E-state index in [1.807, 2.05) is 0 Å². The van der Waals surface area contributed by atoms with E-state index in [0.29, 0.717) is 33.9 Å². The molecular weight excluding hydrogens is 437 g/mol. The standard InChI is InChI=1S/C25H26FN5O3/c1-16-17(2)31(20-6-4-5-18(26)13-20)25(22(16)14-27)29-24(33)15-30(12-11-23(28)32)19-7-9-21(34-3)10-8-19/h4-10,13H,11-12,15H2,1-3H3,(H2,28,32)(H,29,33). The maximum Gasteiger partial charge on any atom is 0.245 e. The smallest absolute Gasteiger partial charge is 0.245 e. The Kier molecular flexibility index (Phi) is 7.53. The van der Waals surface area contributed by atoms with E-state index in [1.54, 1.807) is 66.8 Å². The van der Waals surface area contributed by atoms with E-state index in [0.717, 1.165) is 0 Å². The topological polar surface area (TPSA) is 113 Å². The van der Waals surface area contributed by atoms with Crippen molar-refractivity contribution in [2.75, 3.05) is 30.4 Å². The molecule has 3 aromatic rings. The second kappa shape index (κ2) is 10.5. The summed E-state index contributed by atoms with van der Waals surface area (Å²) in [5.41, 5.74) is 8.18. The number of amides is 2. The van der Waals surface area contributed by atoms with Crippen LogP contribution in [0.1, 0.15) is 23.2 Å². The number of benzene rings is 2. The van der Waals surface area contributed by atoms with Gasteiger partial charge < -0.3 is 20.7 Å². The highest BCUT2D eigenvalue weighted by atomic mass is 19.1. The van der Waals surface area contributed by atoms with E-state index in [4.69, 9.17) is 10.5 Å². The van der Waals surface area contributed by atoms with Gasteiger partial charge in [-0.1, -0.05) is 6.07 Å². The van der Waals surface area contributed by atoms with Crippen LogP contribution in [0.25, 0.3) is 5.69 Å². The Balaban J connectivity index is 1.93. The molecule has 0 atom stereocenters. The molecule has 2 aromatic carbocycles. The summed E-state index contributed by atoms with van der Waals surface area (Å²) >= 11 is 0. The summed E-state index contributed by atoms with van der Waals surface area (Å²) in [7, 11) is 1.55. The fourth-order valence-corrected chi connectivity index (χ4v) is 3.68. The molecule has 0 saturated carbocycles. The predicted octanol–water partition coefficient (Wildman–Crippen LogP) is 3.43. The zero-order valence-electron chi connectivity index (χ0n) is 19.3. The van der Waals surface area contributed by atoms with Gasteiger partial charge in [0, 0.05) is 24.3 Å². The normalized spacial score (nSPS) is 10.4. The van der Waals surface area contributed by atoms with Crippen molar-refractivity contribution in [1.82, 2.24) is 4.57 Å². The summed E-state index contributed by atoms with van der Waals surface area (Å²) in [6.45, 7) is 3.70. The zero-order valence-corrected chi connectivity index (χ0v) is 19.3. The minimum Gasteiger partial charge on any atom is -0.497 e. The van der Waals surface area contributed by atoms with Crippen LogP contribution < -0.4 is 20.7 Å². The van der Waals surface area contributed by atoms with Crippen LogP contribution in [0, 0.1) is 31.0 Å². The van der Waals surface area contributed by atoms with Crippen molar-refractivity contribution in [2.45, 2.75) is 20.3 Å². The second-order valence-corrected chi connectivity index (χ2v) is 7.75. The fraction of sp³-hybridized carbons (Fsp3) is 0.240. The molecule has 0 spiro atoms. The Morgan fingerprint density at radius 1 is 1.21 bits per heavy atom. The van der Waals surface area contributed by atoms with Crippen LogP contribution in [0.3, 0.4) is 0 Å². The SMILES string of the molecule is COc1ccc(N(CCC(N)=O)CC(=O)Nc2c(C#N)c(C)c(C)n2-c2cccc(F)c2)cc1. The average Bonchev–Trinajstić information content (AvgIpc) is 3.05. The van der Waals surface area contributed by atoms with Gasteiger partial charge in [0.15, 0.2) is 0 Å². The van der Waals surface area contributed by atoms with Gasteiger partial charge in [-0.15, -0.1) is 0 Å². The minimum absolute atomic E-state index is 0.0562. The zero-order chi connectivity index (χ0) is 24.8. The van der Waals surface area contributed by atoms with Crippen LogP contribution in [-0.2, 0) is 9.59 Å². The maximum atomic E-state index is 13.9. The van der Waals surface area contributed by atoms with Crippen LogP contribution in [0.2, 0.25) is 0 Å². The van der Waals surface area contributed by atoms with Gasteiger partial charge in [-0.3, -0.25) is 14.2 Å². The lowest BCUT2D eigenvalue weighted by atomic mass is 10.2. The van der Waals surface area contributed by atoms with Gasteiger partial charge in [-0.2, -0.15) is 5.26 Å². The lowest BCUT2D eigenvalue weighted by Gasteiger charge is -2.24. The number of carbonyl (C=O) groups is 2. The van der Waals surface area contributed by atoms with E-state index in [2.05, 4.69) is 11.4 Å². The molecule has 176 valence electrons. The largest absolute Gasteiger partial charge is 0.497 e. The molecule has 8 nitrogen and oxygen atoms in total. The number of hydrogen-bond donors (Lipinski definition) is 2. The second-order valence-electron chi connectivity index (χ2n) is 7.75. The number of primary amides is 1. The van der Waals surface area contributed by atoms with E-state index in [9.17, 15) is 19.2 Å². The van der Waals surface area contributed by atoms with Crippen LogP contribution in [0.4, 0.5) is 15.9 Å². The summed E-state index contributed by atoms with van der Waals surface area (Å²) in [5.74, 6) is -0.418. The number of rotatable bonds is 9. The van der Waals surface area contributed by atoms with Crippen molar-refractivity contribution in [2.24, 2.45) is 5.73 Å². The molecule has 0 fully saturated rings. The first kappa shape index (κ1) is 24.3. The van der Waals surface area contributed by atoms with E-state index in [1.165, 1.54) is 12.1 Å². The third-order valence-electron chi connectivity index (χ3n) is 5.55. The molecular formula is C25H26FN5O3. The molecule has 34 heavy (non-hydrogen) atoms. The third kappa shape index (κ3) is 5.35. The third-order valence-corrected chi connectivity index (χ3v) is 5.55. The number of methoxy groups -OCH3 is 1. The number of carbonyl (C=O) groups excluding carboxylic acids is 2. The number of anilines is 2. The summed E-state index contributed by atoms with van der Waals surface area (Å²) in [4.78, 5) is 26.2. The van der Waals surface area contributed by atoms with Crippen molar-refractivity contribution in [3.63, 3.8) is 0 Å². The number of halogens is 1. The van der Waals surface area contributed by atoms with Gasteiger partial charge in [0.25, 0.3) is 0 Å². The van der Waals surface area contributed by atoms with Gasteiger partial charge in [-0.25, -0.2) is 4.39 Å². The van der Waals surface area contributed by atoms with Crippen LogP contribution in [0.5, 0.6) is 5.75 Å². The van der Waals surface area contributed by atoms with Crippen molar-refractivity contribution < 1.29 is 18.7 Å². The predicted molar refractivity (Wildman–Crippen MR) is 128 cm³/mol.